The monoisotopic (exact) mass is 206 g/mol. The van der Waals surface area contributed by atoms with Crippen LogP contribution < -0.4 is 10.6 Å². The van der Waals surface area contributed by atoms with Crippen molar-refractivity contribution in [3.05, 3.63) is 0 Å². The second-order valence-electron chi connectivity index (χ2n) is 3.63. The van der Waals surface area contributed by atoms with Crippen molar-refractivity contribution < 1.29 is 13.6 Å². The van der Waals surface area contributed by atoms with E-state index in [-0.39, 0.29) is 17.9 Å². The smallest absolute Gasteiger partial charge is 0.255 e. The molecule has 0 bridgehead atoms. The summed E-state index contributed by atoms with van der Waals surface area (Å²) in [5, 5.41) is 5.41. The summed E-state index contributed by atoms with van der Waals surface area (Å²) in [6.45, 7) is 2.27. The molecule has 3 nitrogen and oxygen atoms in total. The van der Waals surface area contributed by atoms with Crippen LogP contribution in [0.15, 0.2) is 0 Å². The molecule has 1 amide bonds. The largest absolute Gasteiger partial charge is 0.350 e. The Morgan fingerprint density at radius 1 is 1.64 bits per heavy atom. The van der Waals surface area contributed by atoms with Gasteiger partial charge in [-0.2, -0.15) is 0 Å². The van der Waals surface area contributed by atoms with Gasteiger partial charge >= 0.3 is 0 Å². The molecular formula is C9H16F2N2O. The fraction of sp³-hybridized carbons (Fsp3) is 0.889. The van der Waals surface area contributed by atoms with Crippen molar-refractivity contribution in [1.82, 2.24) is 10.6 Å². The Balaban J connectivity index is 2.34. The Morgan fingerprint density at radius 3 is 2.93 bits per heavy atom. The van der Waals surface area contributed by atoms with E-state index >= 15 is 0 Å². The lowest BCUT2D eigenvalue weighted by Crippen LogP contribution is -2.47. The topological polar surface area (TPSA) is 41.1 Å². The molecule has 1 heterocycles. The molecule has 0 radical (unpaired) electrons. The third kappa shape index (κ3) is 3.21. The van der Waals surface area contributed by atoms with Gasteiger partial charge in [-0.25, -0.2) is 8.78 Å². The molecule has 1 rings (SSSR count). The fourth-order valence-electron chi connectivity index (χ4n) is 1.71. The Morgan fingerprint density at radius 2 is 2.36 bits per heavy atom. The van der Waals surface area contributed by atoms with Crippen molar-refractivity contribution in [3.8, 4) is 0 Å². The molecule has 0 aromatic carbocycles. The van der Waals surface area contributed by atoms with Crippen LogP contribution in [0.4, 0.5) is 8.78 Å². The van der Waals surface area contributed by atoms with Crippen molar-refractivity contribution in [2.75, 3.05) is 13.1 Å². The van der Waals surface area contributed by atoms with Crippen LogP contribution in [-0.2, 0) is 4.79 Å². The van der Waals surface area contributed by atoms with E-state index in [1.807, 2.05) is 6.92 Å². The van der Waals surface area contributed by atoms with Gasteiger partial charge in [-0.15, -0.1) is 0 Å². The van der Waals surface area contributed by atoms with E-state index in [2.05, 4.69) is 10.6 Å². The zero-order valence-electron chi connectivity index (χ0n) is 8.22. The number of piperidine rings is 1. The summed E-state index contributed by atoms with van der Waals surface area (Å²) in [4.78, 5) is 11.4. The zero-order chi connectivity index (χ0) is 10.6. The Labute approximate surface area is 82.2 Å². The molecule has 0 aromatic rings. The molecule has 5 heteroatoms. The number of carbonyl (C=O) groups is 1. The average Bonchev–Trinajstić information content (AvgIpc) is 2.15. The highest BCUT2D eigenvalue weighted by Gasteiger charge is 2.27. The Kier molecular flexibility index (Phi) is 4.25. The predicted octanol–water partition coefficient (Wildman–Crippen LogP) is 0.756. The third-order valence-corrected chi connectivity index (χ3v) is 2.53. The van der Waals surface area contributed by atoms with Gasteiger partial charge in [-0.1, -0.05) is 0 Å². The average molecular weight is 206 g/mol. The van der Waals surface area contributed by atoms with Gasteiger partial charge in [0.2, 0.25) is 5.91 Å². The van der Waals surface area contributed by atoms with Gasteiger partial charge in [0.15, 0.2) is 0 Å². The van der Waals surface area contributed by atoms with Crippen LogP contribution in [0.1, 0.15) is 19.8 Å². The highest BCUT2D eigenvalue weighted by Crippen LogP contribution is 2.16. The van der Waals surface area contributed by atoms with Gasteiger partial charge in [0.25, 0.3) is 6.43 Å². The van der Waals surface area contributed by atoms with Crippen LogP contribution in [0.2, 0.25) is 0 Å². The van der Waals surface area contributed by atoms with Gasteiger partial charge in [-0.3, -0.25) is 4.79 Å². The maximum Gasteiger partial charge on any atom is 0.255 e. The predicted molar refractivity (Wildman–Crippen MR) is 49.2 cm³/mol. The van der Waals surface area contributed by atoms with Crippen LogP contribution in [0.3, 0.4) is 0 Å². The summed E-state index contributed by atoms with van der Waals surface area (Å²) in [6.07, 6.45) is -0.758. The first-order valence-electron chi connectivity index (χ1n) is 4.90. The number of hydrogen-bond donors (Lipinski definition) is 2. The van der Waals surface area contributed by atoms with E-state index < -0.39 is 13.0 Å². The second kappa shape index (κ2) is 5.24. The van der Waals surface area contributed by atoms with E-state index in [9.17, 15) is 13.6 Å². The minimum Gasteiger partial charge on any atom is -0.350 e. The Bertz CT molecular complexity index is 199. The molecule has 0 spiro atoms. The maximum atomic E-state index is 11.8. The number of hydrogen-bond acceptors (Lipinski definition) is 2. The van der Waals surface area contributed by atoms with Crippen molar-refractivity contribution in [2.24, 2.45) is 5.92 Å². The summed E-state index contributed by atoms with van der Waals surface area (Å²) in [7, 11) is 0. The number of amides is 1. The van der Waals surface area contributed by atoms with Crippen molar-refractivity contribution >= 4 is 5.91 Å². The minimum absolute atomic E-state index is 0.0847. The first-order valence-corrected chi connectivity index (χ1v) is 4.90. The van der Waals surface area contributed by atoms with E-state index in [1.165, 1.54) is 0 Å². The molecule has 0 aliphatic carbocycles. The van der Waals surface area contributed by atoms with E-state index in [4.69, 9.17) is 0 Å². The van der Waals surface area contributed by atoms with Crippen LogP contribution >= 0.6 is 0 Å². The first-order chi connectivity index (χ1) is 6.61. The van der Waals surface area contributed by atoms with Crippen LogP contribution in [0, 0.1) is 5.92 Å². The molecule has 0 unspecified atom stereocenters. The lowest BCUT2D eigenvalue weighted by molar-refractivity contribution is -0.127. The van der Waals surface area contributed by atoms with Gasteiger partial charge in [0, 0.05) is 6.04 Å². The highest BCUT2D eigenvalue weighted by atomic mass is 19.3. The fourth-order valence-corrected chi connectivity index (χ4v) is 1.71. The van der Waals surface area contributed by atoms with Gasteiger partial charge in [0.05, 0.1) is 12.5 Å². The van der Waals surface area contributed by atoms with Gasteiger partial charge < -0.3 is 10.6 Å². The van der Waals surface area contributed by atoms with Crippen molar-refractivity contribution in [1.29, 1.82) is 0 Å². The number of alkyl halides is 2. The molecule has 1 fully saturated rings. The summed E-state index contributed by atoms with van der Waals surface area (Å²) in [5.41, 5.74) is 0. The third-order valence-electron chi connectivity index (χ3n) is 2.53. The van der Waals surface area contributed by atoms with Gasteiger partial charge in [0.1, 0.15) is 0 Å². The molecule has 1 aliphatic heterocycles. The van der Waals surface area contributed by atoms with E-state index in [1.54, 1.807) is 0 Å². The molecule has 0 saturated carbocycles. The SMILES string of the molecule is C[C@H]1NCCC[C@H]1C(=O)NCC(F)F. The lowest BCUT2D eigenvalue weighted by atomic mass is 9.91. The van der Waals surface area contributed by atoms with Crippen molar-refractivity contribution in [2.45, 2.75) is 32.2 Å². The lowest BCUT2D eigenvalue weighted by Gasteiger charge is -2.28. The molecule has 2 N–H and O–H groups in total. The molecular weight excluding hydrogens is 190 g/mol. The first kappa shape index (κ1) is 11.4. The molecule has 14 heavy (non-hydrogen) atoms. The summed E-state index contributed by atoms with van der Waals surface area (Å²) < 4.78 is 23.7. The molecule has 1 saturated heterocycles. The van der Waals surface area contributed by atoms with Crippen LogP contribution in [0.25, 0.3) is 0 Å². The van der Waals surface area contributed by atoms with Crippen LogP contribution in [-0.4, -0.2) is 31.5 Å². The summed E-state index contributed by atoms with van der Waals surface area (Å²) >= 11 is 0. The normalized spacial score (nSPS) is 27.7. The molecule has 82 valence electrons. The number of nitrogens with one attached hydrogen (secondary N) is 2. The van der Waals surface area contributed by atoms with E-state index in [0.29, 0.717) is 0 Å². The number of halogens is 2. The molecule has 2 atom stereocenters. The minimum atomic E-state index is -2.47. The maximum absolute atomic E-state index is 11.8. The van der Waals surface area contributed by atoms with Crippen LogP contribution in [0.5, 0.6) is 0 Å². The summed E-state index contributed by atoms with van der Waals surface area (Å²) in [5.74, 6) is -0.424. The van der Waals surface area contributed by atoms with Gasteiger partial charge in [-0.05, 0) is 26.3 Å². The zero-order valence-corrected chi connectivity index (χ0v) is 8.22. The number of rotatable bonds is 3. The number of carbonyl (C=O) groups excluding carboxylic acids is 1. The Hall–Kier alpha value is -0.710. The second-order valence-corrected chi connectivity index (χ2v) is 3.63. The molecule has 0 aromatic heterocycles. The standard InChI is InChI=1S/C9H16F2N2O/c1-6-7(3-2-4-12-6)9(14)13-5-8(10)11/h6-8,12H,2-5H2,1H3,(H,13,14)/t6-,7-/m1/s1. The highest BCUT2D eigenvalue weighted by molar-refractivity contribution is 5.79. The molecule has 1 aliphatic rings. The van der Waals surface area contributed by atoms with Crippen molar-refractivity contribution in [3.63, 3.8) is 0 Å². The summed E-state index contributed by atoms with van der Waals surface area (Å²) in [6, 6.07) is 0.0847. The van der Waals surface area contributed by atoms with E-state index in [0.717, 1.165) is 19.4 Å². The quantitative estimate of drug-likeness (QED) is 0.715.